The summed E-state index contributed by atoms with van der Waals surface area (Å²) in [6, 6.07) is 10.6. The Hall–Kier alpha value is -1.70. The highest BCUT2D eigenvalue weighted by atomic mass is 79.9. The Morgan fingerprint density at radius 3 is 2.32 bits per heavy atom. The van der Waals surface area contributed by atoms with Crippen molar-refractivity contribution in [3.63, 3.8) is 0 Å². The number of anilines is 1. The third-order valence-electron chi connectivity index (χ3n) is 5.19. The summed E-state index contributed by atoms with van der Waals surface area (Å²) < 4.78 is 28.7. The first kappa shape index (κ1) is 21.0. The topological polar surface area (TPSA) is 57.7 Å². The minimum atomic E-state index is -3.60. The monoisotopic (exact) mass is 464 g/mol. The number of piperidine rings is 1. The van der Waals surface area contributed by atoms with Crippen LogP contribution in [-0.2, 0) is 10.0 Å². The van der Waals surface area contributed by atoms with Gasteiger partial charge in [-0.25, -0.2) is 8.42 Å². The van der Waals surface area contributed by atoms with Crippen LogP contribution in [0.2, 0.25) is 0 Å². The fraction of sp³-hybridized carbons (Fsp3) is 0.381. The molecule has 28 heavy (non-hydrogen) atoms. The number of aryl methyl sites for hydroxylation is 2. The van der Waals surface area contributed by atoms with Gasteiger partial charge in [-0.05, 0) is 68.1 Å². The number of sulfonamides is 1. The zero-order valence-electron chi connectivity index (χ0n) is 16.4. The SMILES string of the molecule is Cc1cc(Br)ccc1N(C)C(=O)c1ccc(C)c(S(=O)(=O)N2CCCCC2)c1. The molecule has 1 aliphatic rings. The first-order valence-corrected chi connectivity index (χ1v) is 11.6. The van der Waals surface area contributed by atoms with Crippen LogP contribution in [0.4, 0.5) is 5.69 Å². The number of rotatable bonds is 4. The van der Waals surface area contributed by atoms with E-state index in [4.69, 9.17) is 0 Å². The van der Waals surface area contributed by atoms with Gasteiger partial charge in [0.25, 0.3) is 5.91 Å². The Morgan fingerprint density at radius 1 is 1.00 bits per heavy atom. The van der Waals surface area contributed by atoms with Gasteiger partial charge in [0.2, 0.25) is 10.0 Å². The Balaban J connectivity index is 1.95. The summed E-state index contributed by atoms with van der Waals surface area (Å²) in [5.41, 5.74) is 2.77. The van der Waals surface area contributed by atoms with Gasteiger partial charge in [0.1, 0.15) is 0 Å². The zero-order valence-corrected chi connectivity index (χ0v) is 18.8. The van der Waals surface area contributed by atoms with Crippen LogP contribution in [0.1, 0.15) is 40.7 Å². The van der Waals surface area contributed by atoms with Crippen LogP contribution >= 0.6 is 15.9 Å². The van der Waals surface area contributed by atoms with Crippen molar-refractivity contribution in [3.8, 4) is 0 Å². The fourth-order valence-electron chi connectivity index (χ4n) is 3.55. The standard InChI is InChI=1S/C21H25BrN2O3S/c1-15-7-8-17(14-20(15)28(26,27)24-11-5-4-6-12-24)21(25)23(3)19-10-9-18(22)13-16(19)2/h7-10,13-14H,4-6,11-12H2,1-3H3. The molecule has 1 amide bonds. The molecule has 2 aromatic carbocycles. The van der Waals surface area contributed by atoms with Crippen molar-refractivity contribution in [1.29, 1.82) is 0 Å². The van der Waals surface area contributed by atoms with Gasteiger partial charge in [-0.3, -0.25) is 4.79 Å². The summed E-state index contributed by atoms with van der Waals surface area (Å²) in [5.74, 6) is -0.236. The Kier molecular flexibility index (Phi) is 6.27. The van der Waals surface area contributed by atoms with E-state index in [0.29, 0.717) is 24.2 Å². The van der Waals surface area contributed by atoms with Gasteiger partial charge in [0.05, 0.1) is 4.90 Å². The van der Waals surface area contributed by atoms with Gasteiger partial charge in [-0.1, -0.05) is 28.4 Å². The summed E-state index contributed by atoms with van der Waals surface area (Å²) in [7, 11) is -1.89. The lowest BCUT2D eigenvalue weighted by atomic mass is 10.1. The molecule has 3 rings (SSSR count). The maximum Gasteiger partial charge on any atom is 0.258 e. The van der Waals surface area contributed by atoms with Crippen molar-refractivity contribution in [2.45, 2.75) is 38.0 Å². The second-order valence-electron chi connectivity index (χ2n) is 7.24. The van der Waals surface area contributed by atoms with Gasteiger partial charge in [-0.15, -0.1) is 0 Å². The number of amides is 1. The van der Waals surface area contributed by atoms with Crippen LogP contribution in [0.5, 0.6) is 0 Å². The molecule has 0 radical (unpaired) electrons. The Morgan fingerprint density at radius 2 is 1.68 bits per heavy atom. The van der Waals surface area contributed by atoms with Crippen LogP contribution in [0.15, 0.2) is 45.8 Å². The van der Waals surface area contributed by atoms with Crippen LogP contribution < -0.4 is 4.90 Å². The van der Waals surface area contributed by atoms with E-state index >= 15 is 0 Å². The molecule has 1 aliphatic heterocycles. The molecule has 0 bridgehead atoms. The van der Waals surface area contributed by atoms with E-state index in [2.05, 4.69) is 15.9 Å². The molecule has 150 valence electrons. The van der Waals surface area contributed by atoms with Crippen molar-refractivity contribution in [1.82, 2.24) is 4.31 Å². The molecule has 0 saturated carbocycles. The number of benzene rings is 2. The van der Waals surface area contributed by atoms with Crippen LogP contribution in [0, 0.1) is 13.8 Å². The van der Waals surface area contributed by atoms with Crippen molar-refractivity contribution in [2.75, 3.05) is 25.0 Å². The number of nitrogens with zero attached hydrogens (tertiary/aromatic N) is 2. The van der Waals surface area contributed by atoms with Crippen molar-refractivity contribution in [2.24, 2.45) is 0 Å². The lowest BCUT2D eigenvalue weighted by Gasteiger charge is -2.27. The molecular weight excluding hydrogens is 440 g/mol. The number of hydrogen-bond acceptors (Lipinski definition) is 3. The lowest BCUT2D eigenvalue weighted by molar-refractivity contribution is 0.0992. The summed E-state index contributed by atoms with van der Waals surface area (Å²) in [5, 5.41) is 0. The van der Waals surface area contributed by atoms with E-state index in [1.165, 1.54) is 10.4 Å². The first-order valence-electron chi connectivity index (χ1n) is 9.37. The molecule has 2 aromatic rings. The molecule has 0 aromatic heterocycles. The van der Waals surface area contributed by atoms with Gasteiger partial charge in [-0.2, -0.15) is 4.31 Å². The van der Waals surface area contributed by atoms with Gasteiger partial charge in [0, 0.05) is 35.9 Å². The third-order valence-corrected chi connectivity index (χ3v) is 7.73. The quantitative estimate of drug-likeness (QED) is 0.668. The molecule has 1 fully saturated rings. The molecule has 0 atom stereocenters. The van der Waals surface area contributed by atoms with Crippen LogP contribution in [0.25, 0.3) is 0 Å². The van der Waals surface area contributed by atoms with E-state index < -0.39 is 10.0 Å². The van der Waals surface area contributed by atoms with E-state index in [1.807, 2.05) is 25.1 Å². The van der Waals surface area contributed by atoms with Crippen molar-refractivity contribution < 1.29 is 13.2 Å². The Bertz CT molecular complexity index is 999. The second-order valence-corrected chi connectivity index (χ2v) is 10.1. The van der Waals surface area contributed by atoms with Crippen LogP contribution in [0.3, 0.4) is 0 Å². The van der Waals surface area contributed by atoms with Gasteiger partial charge < -0.3 is 4.90 Å². The summed E-state index contributed by atoms with van der Waals surface area (Å²) >= 11 is 3.43. The average molecular weight is 465 g/mol. The fourth-order valence-corrected chi connectivity index (χ4v) is 5.80. The minimum absolute atomic E-state index is 0.223. The highest BCUT2D eigenvalue weighted by Gasteiger charge is 2.28. The predicted octanol–water partition coefficient (Wildman–Crippen LogP) is 4.52. The summed E-state index contributed by atoms with van der Waals surface area (Å²) in [6.07, 6.45) is 2.81. The molecule has 0 unspecified atom stereocenters. The molecule has 0 N–H and O–H groups in total. The molecule has 1 heterocycles. The maximum atomic E-state index is 13.1. The Labute approximate surface area is 175 Å². The predicted molar refractivity (Wildman–Crippen MR) is 115 cm³/mol. The van der Waals surface area contributed by atoms with Crippen molar-refractivity contribution >= 4 is 37.5 Å². The van der Waals surface area contributed by atoms with Crippen molar-refractivity contribution in [3.05, 3.63) is 57.6 Å². The largest absolute Gasteiger partial charge is 0.311 e. The highest BCUT2D eigenvalue weighted by Crippen LogP contribution is 2.27. The first-order chi connectivity index (χ1) is 13.2. The summed E-state index contributed by atoms with van der Waals surface area (Å²) in [4.78, 5) is 14.8. The normalized spacial score (nSPS) is 15.4. The number of halogens is 1. The van der Waals surface area contributed by atoms with E-state index in [1.54, 1.807) is 31.0 Å². The minimum Gasteiger partial charge on any atom is -0.311 e. The van der Waals surface area contributed by atoms with E-state index in [0.717, 1.165) is 35.0 Å². The third kappa shape index (κ3) is 4.16. The van der Waals surface area contributed by atoms with Crippen LogP contribution in [-0.4, -0.2) is 38.8 Å². The zero-order chi connectivity index (χ0) is 20.5. The molecule has 0 spiro atoms. The molecule has 7 heteroatoms. The highest BCUT2D eigenvalue weighted by molar-refractivity contribution is 9.10. The van der Waals surface area contributed by atoms with E-state index in [-0.39, 0.29) is 10.8 Å². The number of carbonyl (C=O) groups excluding carboxylic acids is 1. The average Bonchev–Trinajstić information content (AvgIpc) is 2.68. The lowest BCUT2D eigenvalue weighted by Crippen LogP contribution is -2.36. The summed E-state index contributed by atoms with van der Waals surface area (Å²) in [6.45, 7) is 4.79. The van der Waals surface area contributed by atoms with Gasteiger partial charge in [0.15, 0.2) is 0 Å². The van der Waals surface area contributed by atoms with Gasteiger partial charge >= 0.3 is 0 Å². The molecular formula is C21H25BrN2O3S. The molecule has 5 nitrogen and oxygen atoms in total. The smallest absolute Gasteiger partial charge is 0.258 e. The molecule has 1 saturated heterocycles. The van der Waals surface area contributed by atoms with E-state index in [9.17, 15) is 13.2 Å². The number of hydrogen-bond donors (Lipinski definition) is 0. The second kappa shape index (κ2) is 8.35. The number of carbonyl (C=O) groups is 1. The maximum absolute atomic E-state index is 13.1. The molecule has 0 aliphatic carbocycles.